The first-order chi connectivity index (χ1) is 12.4. The molecule has 1 saturated heterocycles. The van der Waals surface area contributed by atoms with Gasteiger partial charge in [0.2, 0.25) is 0 Å². The molecule has 0 unspecified atom stereocenters. The highest BCUT2D eigenvalue weighted by Crippen LogP contribution is 2.33. The summed E-state index contributed by atoms with van der Waals surface area (Å²) in [5, 5.41) is 4.21. The lowest BCUT2D eigenvalue weighted by Gasteiger charge is -2.13. The Morgan fingerprint density at radius 1 is 1.31 bits per heavy atom. The van der Waals surface area contributed by atoms with Crippen molar-refractivity contribution in [3.05, 3.63) is 30.1 Å². The third-order valence-electron chi connectivity index (χ3n) is 4.27. The van der Waals surface area contributed by atoms with Crippen LogP contribution < -0.4 is 14.2 Å². The van der Waals surface area contributed by atoms with Crippen LogP contribution in [0.4, 0.5) is 5.69 Å². The van der Waals surface area contributed by atoms with E-state index in [1.165, 1.54) is 26.5 Å². The molecule has 0 bridgehead atoms. The van der Waals surface area contributed by atoms with E-state index in [-0.39, 0.29) is 11.0 Å². The molecule has 0 saturated carbocycles. The zero-order valence-electron chi connectivity index (χ0n) is 15.1. The first kappa shape index (κ1) is 18.5. The predicted octanol–water partition coefficient (Wildman–Crippen LogP) is 2.19. The van der Waals surface area contributed by atoms with E-state index >= 15 is 0 Å². The topological polar surface area (TPSA) is 91.7 Å². The minimum absolute atomic E-state index is 0.127. The van der Waals surface area contributed by atoms with Gasteiger partial charge in [0, 0.05) is 18.9 Å². The van der Waals surface area contributed by atoms with Gasteiger partial charge in [-0.1, -0.05) is 0 Å². The molecule has 0 radical (unpaired) electrons. The SMILES string of the molecule is COc1cc(C)c(S(=O)(=O)Nc2cnn(C[C@H]3CCCO3)c2)cc1OC. The second kappa shape index (κ2) is 7.55. The molecule has 2 aromatic rings. The lowest BCUT2D eigenvalue weighted by atomic mass is 10.2. The number of rotatable bonds is 7. The second-order valence-corrected chi connectivity index (χ2v) is 7.82. The van der Waals surface area contributed by atoms with Gasteiger partial charge in [-0.15, -0.1) is 0 Å². The van der Waals surface area contributed by atoms with Crippen molar-refractivity contribution >= 4 is 15.7 Å². The number of nitrogens with one attached hydrogen (secondary N) is 1. The average Bonchev–Trinajstić information content (AvgIpc) is 3.26. The van der Waals surface area contributed by atoms with Crippen LogP contribution in [0.3, 0.4) is 0 Å². The quantitative estimate of drug-likeness (QED) is 0.790. The van der Waals surface area contributed by atoms with Crippen molar-refractivity contribution in [2.24, 2.45) is 0 Å². The predicted molar refractivity (Wildman–Crippen MR) is 96.3 cm³/mol. The van der Waals surface area contributed by atoms with Gasteiger partial charge in [-0.25, -0.2) is 8.42 Å². The average molecular weight is 381 g/mol. The monoisotopic (exact) mass is 381 g/mol. The normalized spacial score (nSPS) is 17.3. The Kier molecular flexibility index (Phi) is 5.38. The van der Waals surface area contributed by atoms with Crippen LogP contribution in [0.25, 0.3) is 0 Å². The van der Waals surface area contributed by atoms with Gasteiger partial charge < -0.3 is 14.2 Å². The number of hydrogen-bond donors (Lipinski definition) is 1. The highest BCUT2D eigenvalue weighted by molar-refractivity contribution is 7.92. The summed E-state index contributed by atoms with van der Waals surface area (Å²) in [4.78, 5) is 0.127. The second-order valence-electron chi connectivity index (χ2n) is 6.16. The molecule has 26 heavy (non-hydrogen) atoms. The third kappa shape index (κ3) is 3.94. The largest absolute Gasteiger partial charge is 0.493 e. The maximum atomic E-state index is 12.8. The van der Waals surface area contributed by atoms with Crippen molar-refractivity contribution < 1.29 is 22.6 Å². The molecule has 9 heteroatoms. The molecular weight excluding hydrogens is 358 g/mol. The molecule has 1 aliphatic rings. The van der Waals surface area contributed by atoms with Crippen LogP contribution in [0.5, 0.6) is 11.5 Å². The molecule has 142 valence electrons. The van der Waals surface area contributed by atoms with E-state index in [1.54, 1.807) is 23.9 Å². The summed E-state index contributed by atoms with van der Waals surface area (Å²) in [6, 6.07) is 3.08. The fourth-order valence-corrected chi connectivity index (χ4v) is 4.25. The fourth-order valence-electron chi connectivity index (χ4n) is 2.97. The Balaban J connectivity index is 1.79. The van der Waals surface area contributed by atoms with Gasteiger partial charge in [-0.05, 0) is 31.4 Å². The molecule has 1 N–H and O–H groups in total. The zero-order valence-corrected chi connectivity index (χ0v) is 15.9. The van der Waals surface area contributed by atoms with Crippen molar-refractivity contribution in [1.82, 2.24) is 9.78 Å². The molecule has 1 atom stereocenters. The highest BCUT2D eigenvalue weighted by atomic mass is 32.2. The van der Waals surface area contributed by atoms with Gasteiger partial charge >= 0.3 is 0 Å². The highest BCUT2D eigenvalue weighted by Gasteiger charge is 2.22. The molecular formula is C17H23N3O5S. The number of benzene rings is 1. The van der Waals surface area contributed by atoms with Crippen LogP contribution in [-0.2, 0) is 21.3 Å². The number of sulfonamides is 1. The van der Waals surface area contributed by atoms with E-state index in [0.29, 0.717) is 29.3 Å². The lowest BCUT2D eigenvalue weighted by molar-refractivity contribution is 0.0940. The summed E-state index contributed by atoms with van der Waals surface area (Å²) in [6.07, 6.45) is 5.32. The Labute approximate surface area is 153 Å². The van der Waals surface area contributed by atoms with Crippen LogP contribution >= 0.6 is 0 Å². The third-order valence-corrected chi connectivity index (χ3v) is 5.79. The standard InChI is InChI=1S/C17H23N3O5S/c1-12-7-15(23-2)16(24-3)8-17(12)26(21,22)19-13-9-18-20(10-13)11-14-5-4-6-25-14/h7-10,14,19H,4-6,11H2,1-3H3/t14-/m1/s1. The van der Waals surface area contributed by atoms with E-state index in [9.17, 15) is 8.42 Å². The Hall–Kier alpha value is -2.26. The summed E-state index contributed by atoms with van der Waals surface area (Å²) in [5.74, 6) is 0.834. The number of nitrogens with zero attached hydrogens (tertiary/aromatic N) is 2. The van der Waals surface area contributed by atoms with Crippen LogP contribution in [0, 0.1) is 6.92 Å². The summed E-state index contributed by atoms with van der Waals surface area (Å²) >= 11 is 0. The summed E-state index contributed by atoms with van der Waals surface area (Å²) in [7, 11) is -0.815. The summed E-state index contributed by atoms with van der Waals surface area (Å²) in [5.41, 5.74) is 0.957. The van der Waals surface area contributed by atoms with E-state index in [4.69, 9.17) is 14.2 Å². The lowest BCUT2D eigenvalue weighted by Crippen LogP contribution is -2.16. The van der Waals surface area contributed by atoms with E-state index < -0.39 is 10.0 Å². The zero-order chi connectivity index (χ0) is 18.7. The Bertz CT molecular complexity index is 873. The summed E-state index contributed by atoms with van der Waals surface area (Å²) < 4.78 is 45.8. The molecule has 0 aliphatic carbocycles. The summed E-state index contributed by atoms with van der Waals surface area (Å²) in [6.45, 7) is 3.08. The molecule has 0 spiro atoms. The number of aryl methyl sites for hydroxylation is 1. The molecule has 1 fully saturated rings. The van der Waals surface area contributed by atoms with Gasteiger partial charge in [-0.3, -0.25) is 9.40 Å². The Morgan fingerprint density at radius 3 is 2.69 bits per heavy atom. The van der Waals surface area contributed by atoms with Gasteiger partial charge in [0.05, 0.1) is 43.6 Å². The molecule has 1 aromatic heterocycles. The number of methoxy groups -OCH3 is 2. The maximum absolute atomic E-state index is 12.8. The van der Waals surface area contributed by atoms with Crippen LogP contribution in [0.15, 0.2) is 29.4 Å². The van der Waals surface area contributed by atoms with Gasteiger partial charge in [0.15, 0.2) is 11.5 Å². The van der Waals surface area contributed by atoms with Crippen LogP contribution in [0.2, 0.25) is 0 Å². The smallest absolute Gasteiger partial charge is 0.262 e. The van der Waals surface area contributed by atoms with Gasteiger partial charge in [0.1, 0.15) is 0 Å². The Morgan fingerprint density at radius 2 is 2.04 bits per heavy atom. The minimum Gasteiger partial charge on any atom is -0.493 e. The van der Waals surface area contributed by atoms with E-state index in [1.807, 2.05) is 0 Å². The molecule has 3 rings (SSSR count). The number of aromatic nitrogens is 2. The van der Waals surface area contributed by atoms with Gasteiger partial charge in [-0.2, -0.15) is 5.10 Å². The van der Waals surface area contributed by atoms with E-state index in [0.717, 1.165) is 19.4 Å². The van der Waals surface area contributed by atoms with Crippen molar-refractivity contribution in [3.8, 4) is 11.5 Å². The number of anilines is 1. The van der Waals surface area contributed by atoms with Crippen LogP contribution in [-0.4, -0.2) is 45.1 Å². The van der Waals surface area contributed by atoms with Crippen molar-refractivity contribution in [3.63, 3.8) is 0 Å². The minimum atomic E-state index is -3.79. The molecule has 1 aromatic carbocycles. The first-order valence-electron chi connectivity index (χ1n) is 8.32. The molecule has 0 amide bonds. The van der Waals surface area contributed by atoms with Crippen molar-refractivity contribution in [2.75, 3.05) is 25.5 Å². The number of ether oxygens (including phenoxy) is 3. The molecule has 8 nitrogen and oxygen atoms in total. The van der Waals surface area contributed by atoms with E-state index in [2.05, 4.69) is 9.82 Å². The molecule has 2 heterocycles. The van der Waals surface area contributed by atoms with Gasteiger partial charge in [0.25, 0.3) is 10.0 Å². The fraction of sp³-hybridized carbons (Fsp3) is 0.471. The molecule has 1 aliphatic heterocycles. The van der Waals surface area contributed by atoms with Crippen molar-refractivity contribution in [2.45, 2.75) is 37.3 Å². The van der Waals surface area contributed by atoms with Crippen molar-refractivity contribution in [1.29, 1.82) is 0 Å². The number of hydrogen-bond acceptors (Lipinski definition) is 6. The maximum Gasteiger partial charge on any atom is 0.262 e. The van der Waals surface area contributed by atoms with Crippen LogP contribution in [0.1, 0.15) is 18.4 Å². The first-order valence-corrected chi connectivity index (χ1v) is 9.81.